The highest BCUT2D eigenvalue weighted by molar-refractivity contribution is 5.95. The molecule has 0 radical (unpaired) electrons. The average Bonchev–Trinajstić information content (AvgIpc) is 2.53. The van der Waals surface area contributed by atoms with Crippen molar-refractivity contribution in [1.82, 2.24) is 5.32 Å². The molecule has 22 heavy (non-hydrogen) atoms. The fourth-order valence-electron chi connectivity index (χ4n) is 1.83. The van der Waals surface area contributed by atoms with Gasteiger partial charge in [0, 0.05) is 18.3 Å². The molecule has 0 spiro atoms. The number of hydrogen-bond donors (Lipinski definition) is 2. The Bertz CT molecular complexity index is 506. The first-order valence-corrected chi connectivity index (χ1v) is 6.60. The Balaban J connectivity index is 0.00000242. The van der Waals surface area contributed by atoms with Crippen molar-refractivity contribution in [2.75, 3.05) is 38.8 Å². The number of carbonyl (C=O) groups is 2. The van der Waals surface area contributed by atoms with Gasteiger partial charge in [0.15, 0.2) is 6.61 Å². The summed E-state index contributed by atoms with van der Waals surface area (Å²) in [5.41, 5.74) is 0.592. The second-order valence-corrected chi connectivity index (χ2v) is 4.46. The van der Waals surface area contributed by atoms with Gasteiger partial charge in [-0.05, 0) is 12.1 Å². The number of rotatable bonds is 5. The number of hydrogen-bond acceptors (Lipinski definition) is 6. The predicted molar refractivity (Wildman–Crippen MR) is 82.4 cm³/mol. The molecule has 1 aromatic rings. The summed E-state index contributed by atoms with van der Waals surface area (Å²) >= 11 is 0. The van der Waals surface area contributed by atoms with E-state index >= 15 is 0 Å². The van der Waals surface area contributed by atoms with Crippen LogP contribution in [-0.4, -0.2) is 51.4 Å². The molecule has 1 unspecified atom stereocenters. The van der Waals surface area contributed by atoms with E-state index in [-0.39, 0.29) is 31.0 Å². The zero-order valence-corrected chi connectivity index (χ0v) is 13.0. The quantitative estimate of drug-likeness (QED) is 0.768. The predicted octanol–water partition coefficient (Wildman–Crippen LogP) is 0.587. The smallest absolute Gasteiger partial charge is 0.343 e. The van der Waals surface area contributed by atoms with Crippen LogP contribution in [0.15, 0.2) is 24.3 Å². The Kier molecular flexibility index (Phi) is 7.65. The maximum absolute atomic E-state index is 12.0. The lowest BCUT2D eigenvalue weighted by molar-refractivity contribution is -0.142. The molecular weight excluding hydrogens is 312 g/mol. The molecule has 1 heterocycles. The van der Waals surface area contributed by atoms with Crippen molar-refractivity contribution in [3.8, 4) is 5.75 Å². The van der Waals surface area contributed by atoms with E-state index in [1.807, 2.05) is 0 Å². The van der Waals surface area contributed by atoms with Crippen LogP contribution in [-0.2, 0) is 19.1 Å². The van der Waals surface area contributed by atoms with E-state index in [9.17, 15) is 9.59 Å². The summed E-state index contributed by atoms with van der Waals surface area (Å²) in [5.74, 6) is -0.154. The maximum atomic E-state index is 12.0. The molecule has 1 aliphatic rings. The monoisotopic (exact) mass is 330 g/mol. The number of anilines is 1. The molecule has 0 bridgehead atoms. The second-order valence-electron chi connectivity index (χ2n) is 4.46. The summed E-state index contributed by atoms with van der Waals surface area (Å²) in [6.07, 6.45) is 0. The van der Waals surface area contributed by atoms with Crippen LogP contribution in [0.4, 0.5) is 5.69 Å². The lowest BCUT2D eigenvalue weighted by atomic mass is 10.2. The van der Waals surface area contributed by atoms with Gasteiger partial charge in [0.05, 0.1) is 20.3 Å². The minimum Gasteiger partial charge on any atom is -0.482 e. The zero-order chi connectivity index (χ0) is 15.1. The van der Waals surface area contributed by atoms with E-state index in [4.69, 9.17) is 9.47 Å². The Hall–Kier alpha value is -1.83. The lowest BCUT2D eigenvalue weighted by Crippen LogP contribution is -2.48. The number of carbonyl (C=O) groups excluding carboxylic acids is 2. The molecule has 1 aliphatic heterocycles. The van der Waals surface area contributed by atoms with Crippen LogP contribution in [0.5, 0.6) is 5.75 Å². The topological polar surface area (TPSA) is 85.9 Å². The molecule has 0 aliphatic carbocycles. The first-order valence-electron chi connectivity index (χ1n) is 6.60. The highest BCUT2D eigenvalue weighted by Crippen LogP contribution is 2.17. The first-order chi connectivity index (χ1) is 10.2. The van der Waals surface area contributed by atoms with E-state index in [0.717, 1.165) is 0 Å². The Morgan fingerprint density at radius 1 is 1.45 bits per heavy atom. The van der Waals surface area contributed by atoms with Crippen LogP contribution < -0.4 is 15.4 Å². The fourth-order valence-corrected chi connectivity index (χ4v) is 1.83. The van der Waals surface area contributed by atoms with Gasteiger partial charge in [-0.15, -0.1) is 12.4 Å². The van der Waals surface area contributed by atoms with Crippen LogP contribution in [0.3, 0.4) is 0 Å². The third-order valence-corrected chi connectivity index (χ3v) is 2.92. The Morgan fingerprint density at radius 3 is 2.95 bits per heavy atom. The van der Waals surface area contributed by atoms with Crippen molar-refractivity contribution in [2.24, 2.45) is 0 Å². The van der Waals surface area contributed by atoms with Gasteiger partial charge in [0.1, 0.15) is 11.8 Å². The number of halogens is 1. The molecule has 1 amide bonds. The lowest BCUT2D eigenvalue weighted by Gasteiger charge is -2.22. The van der Waals surface area contributed by atoms with Crippen LogP contribution in [0.1, 0.15) is 0 Å². The number of nitrogens with one attached hydrogen (secondary N) is 2. The molecule has 0 saturated carbocycles. The van der Waals surface area contributed by atoms with Crippen LogP contribution in [0, 0.1) is 0 Å². The van der Waals surface area contributed by atoms with E-state index in [1.54, 1.807) is 24.3 Å². The summed E-state index contributed by atoms with van der Waals surface area (Å²) in [7, 11) is 1.29. The van der Waals surface area contributed by atoms with Gasteiger partial charge >= 0.3 is 5.97 Å². The summed E-state index contributed by atoms with van der Waals surface area (Å²) in [6.45, 7) is 1.44. The maximum Gasteiger partial charge on any atom is 0.343 e. The minimum atomic E-state index is -0.465. The molecule has 1 fully saturated rings. The highest BCUT2D eigenvalue weighted by Gasteiger charge is 2.21. The molecular formula is C14H19ClN2O5. The third-order valence-electron chi connectivity index (χ3n) is 2.92. The number of esters is 1. The largest absolute Gasteiger partial charge is 0.482 e. The number of morpholine rings is 1. The molecule has 0 aromatic heterocycles. The van der Waals surface area contributed by atoms with Crippen LogP contribution >= 0.6 is 12.4 Å². The van der Waals surface area contributed by atoms with Crippen LogP contribution in [0.25, 0.3) is 0 Å². The summed E-state index contributed by atoms with van der Waals surface area (Å²) in [4.78, 5) is 23.0. The van der Waals surface area contributed by atoms with Gasteiger partial charge in [-0.3, -0.25) is 4.79 Å². The molecule has 122 valence electrons. The standard InChI is InChI=1S/C14H18N2O5.ClH/c1-19-13(17)9-21-11-4-2-3-10(7-11)16-14(18)12-8-20-6-5-15-12;/h2-4,7,12,15H,5-6,8-9H2,1H3,(H,16,18);1H. The Morgan fingerprint density at radius 2 is 2.27 bits per heavy atom. The van der Waals surface area contributed by atoms with Crippen molar-refractivity contribution in [1.29, 1.82) is 0 Å². The summed E-state index contributed by atoms with van der Waals surface area (Å²) in [5, 5.41) is 5.85. The average molecular weight is 331 g/mol. The van der Waals surface area contributed by atoms with Gasteiger partial charge in [-0.2, -0.15) is 0 Å². The van der Waals surface area contributed by atoms with E-state index in [0.29, 0.717) is 31.2 Å². The molecule has 1 saturated heterocycles. The zero-order valence-electron chi connectivity index (χ0n) is 12.2. The number of methoxy groups -OCH3 is 1. The van der Waals surface area contributed by atoms with Crippen molar-refractivity contribution in [3.63, 3.8) is 0 Å². The summed E-state index contributed by atoms with van der Waals surface area (Å²) < 4.78 is 15.0. The number of amides is 1. The van der Waals surface area contributed by atoms with Crippen molar-refractivity contribution in [3.05, 3.63) is 24.3 Å². The highest BCUT2D eigenvalue weighted by atomic mass is 35.5. The Labute approximate surface area is 134 Å². The molecule has 2 rings (SSSR count). The van der Waals surface area contributed by atoms with Gasteiger partial charge in [0.25, 0.3) is 0 Å². The SMILES string of the molecule is COC(=O)COc1cccc(NC(=O)C2COCCN2)c1.Cl. The van der Waals surface area contributed by atoms with E-state index in [1.165, 1.54) is 7.11 Å². The van der Waals surface area contributed by atoms with Gasteiger partial charge in [-0.1, -0.05) is 6.07 Å². The van der Waals surface area contributed by atoms with E-state index in [2.05, 4.69) is 15.4 Å². The second kappa shape index (κ2) is 9.24. The van der Waals surface area contributed by atoms with E-state index < -0.39 is 5.97 Å². The van der Waals surface area contributed by atoms with Crippen LogP contribution in [0.2, 0.25) is 0 Å². The summed E-state index contributed by atoms with van der Waals surface area (Å²) in [6, 6.07) is 6.45. The third kappa shape index (κ3) is 5.51. The number of ether oxygens (including phenoxy) is 3. The van der Waals surface area contributed by atoms with Crippen molar-refractivity contribution < 1.29 is 23.8 Å². The van der Waals surface area contributed by atoms with Crippen molar-refractivity contribution >= 4 is 30.0 Å². The molecule has 1 aromatic carbocycles. The van der Waals surface area contributed by atoms with Gasteiger partial charge in [0.2, 0.25) is 5.91 Å². The molecule has 8 heteroatoms. The minimum absolute atomic E-state index is 0. The van der Waals surface area contributed by atoms with Crippen molar-refractivity contribution in [2.45, 2.75) is 6.04 Å². The number of benzene rings is 1. The fraction of sp³-hybridized carbons (Fsp3) is 0.429. The first kappa shape index (κ1) is 18.2. The molecule has 1 atom stereocenters. The molecule has 2 N–H and O–H groups in total. The van der Waals surface area contributed by atoms with Gasteiger partial charge < -0.3 is 24.8 Å². The van der Waals surface area contributed by atoms with Gasteiger partial charge in [-0.25, -0.2) is 4.79 Å². The molecule has 7 nitrogen and oxygen atoms in total. The normalized spacial score (nSPS) is 17.0.